The number of rotatable bonds is 0. The van der Waals surface area contributed by atoms with E-state index in [4.69, 9.17) is 0 Å². The molecule has 0 saturated heterocycles. The predicted octanol–water partition coefficient (Wildman–Crippen LogP) is -4.41. The third kappa shape index (κ3) is 6.81. The standard InChI is InChI=1S/C6H4F2.2ClH.Mg/c7-5-2-1-3-6(8)4-5;;;/h1-4H;2*1H;/q;;;+2/p-2. The molecule has 58 valence electrons. The van der Waals surface area contributed by atoms with Crippen molar-refractivity contribution in [3.05, 3.63) is 35.9 Å². The number of benzene rings is 1. The molecule has 0 unspecified atom stereocenters. The fraction of sp³-hybridized carbons (Fsp3) is 0. The van der Waals surface area contributed by atoms with Crippen LogP contribution in [0.15, 0.2) is 24.3 Å². The van der Waals surface area contributed by atoms with Gasteiger partial charge in [-0.1, -0.05) is 6.07 Å². The summed E-state index contributed by atoms with van der Waals surface area (Å²) in [5.74, 6) is -1.07. The minimum Gasteiger partial charge on any atom is -1.00 e. The van der Waals surface area contributed by atoms with E-state index in [1.807, 2.05) is 0 Å². The fourth-order valence-corrected chi connectivity index (χ4v) is 0.460. The van der Waals surface area contributed by atoms with Gasteiger partial charge in [0.25, 0.3) is 0 Å². The molecular weight excluding hydrogens is 205 g/mol. The Kier molecular flexibility index (Phi) is 13.6. The molecular formula is C6H4Cl2F2Mg. The van der Waals surface area contributed by atoms with Gasteiger partial charge in [-0.05, 0) is 12.1 Å². The van der Waals surface area contributed by atoms with Crippen LogP contribution in [-0.2, 0) is 0 Å². The van der Waals surface area contributed by atoms with Crippen LogP contribution in [0.4, 0.5) is 8.78 Å². The summed E-state index contributed by atoms with van der Waals surface area (Å²) in [7, 11) is 0. The van der Waals surface area contributed by atoms with E-state index in [1.54, 1.807) is 0 Å². The Labute approximate surface area is 92.3 Å². The second kappa shape index (κ2) is 8.52. The molecule has 5 heteroatoms. The summed E-state index contributed by atoms with van der Waals surface area (Å²) < 4.78 is 23.9. The van der Waals surface area contributed by atoms with E-state index in [0.717, 1.165) is 6.07 Å². The van der Waals surface area contributed by atoms with Crippen LogP contribution in [-0.4, -0.2) is 23.1 Å². The average molecular weight is 209 g/mol. The average Bonchev–Trinajstić information content (AvgIpc) is 1.64. The summed E-state index contributed by atoms with van der Waals surface area (Å²) in [6.07, 6.45) is 0. The van der Waals surface area contributed by atoms with Crippen molar-refractivity contribution in [2.24, 2.45) is 0 Å². The van der Waals surface area contributed by atoms with Crippen molar-refractivity contribution >= 4 is 23.1 Å². The Morgan fingerprint density at radius 2 is 1.27 bits per heavy atom. The fourth-order valence-electron chi connectivity index (χ4n) is 0.460. The molecule has 0 amide bonds. The molecule has 0 radical (unpaired) electrons. The molecule has 0 spiro atoms. The molecule has 0 fully saturated rings. The van der Waals surface area contributed by atoms with Gasteiger partial charge in [0, 0.05) is 6.07 Å². The zero-order chi connectivity index (χ0) is 5.98. The Bertz CT molecular complexity index is 178. The van der Waals surface area contributed by atoms with E-state index < -0.39 is 11.6 Å². The monoisotopic (exact) mass is 208 g/mol. The molecule has 0 aromatic heterocycles. The first-order valence-electron chi connectivity index (χ1n) is 2.20. The SMILES string of the molecule is Fc1cccc(F)c1.[Cl-].[Cl-].[Mg+2]. The van der Waals surface area contributed by atoms with Gasteiger partial charge >= 0.3 is 23.1 Å². The van der Waals surface area contributed by atoms with Crippen LogP contribution in [0.2, 0.25) is 0 Å². The molecule has 0 aliphatic carbocycles. The van der Waals surface area contributed by atoms with Gasteiger partial charge in [0.05, 0.1) is 0 Å². The zero-order valence-electron chi connectivity index (χ0n) is 5.53. The molecule has 1 aromatic rings. The van der Waals surface area contributed by atoms with Gasteiger partial charge in [0.15, 0.2) is 0 Å². The van der Waals surface area contributed by atoms with Crippen molar-refractivity contribution in [1.82, 2.24) is 0 Å². The summed E-state index contributed by atoms with van der Waals surface area (Å²) in [6.45, 7) is 0. The van der Waals surface area contributed by atoms with Crippen LogP contribution < -0.4 is 24.8 Å². The minimum atomic E-state index is -0.537. The summed E-state index contributed by atoms with van der Waals surface area (Å²) >= 11 is 0. The summed E-state index contributed by atoms with van der Waals surface area (Å²) in [4.78, 5) is 0. The maximum atomic E-state index is 11.9. The van der Waals surface area contributed by atoms with Gasteiger partial charge in [-0.25, -0.2) is 8.78 Å². The number of hydrogen-bond acceptors (Lipinski definition) is 0. The first kappa shape index (κ1) is 17.5. The minimum absolute atomic E-state index is 0. The van der Waals surface area contributed by atoms with Gasteiger partial charge < -0.3 is 24.8 Å². The Morgan fingerprint density at radius 1 is 0.909 bits per heavy atom. The van der Waals surface area contributed by atoms with Crippen molar-refractivity contribution in [2.75, 3.05) is 0 Å². The summed E-state index contributed by atoms with van der Waals surface area (Å²) in [6, 6.07) is 4.55. The van der Waals surface area contributed by atoms with Crippen molar-refractivity contribution in [1.29, 1.82) is 0 Å². The molecule has 0 aliphatic heterocycles. The second-order valence-electron chi connectivity index (χ2n) is 1.44. The molecule has 0 atom stereocenters. The quantitative estimate of drug-likeness (QED) is 0.379. The number of halogens is 4. The second-order valence-corrected chi connectivity index (χ2v) is 1.44. The van der Waals surface area contributed by atoms with Crippen LogP contribution in [0.3, 0.4) is 0 Å². The van der Waals surface area contributed by atoms with Crippen LogP contribution in [0, 0.1) is 11.6 Å². The van der Waals surface area contributed by atoms with Crippen LogP contribution in [0.1, 0.15) is 0 Å². The van der Waals surface area contributed by atoms with E-state index in [9.17, 15) is 8.78 Å². The molecule has 11 heavy (non-hydrogen) atoms. The first-order chi connectivity index (χ1) is 3.79. The molecule has 0 bridgehead atoms. The first-order valence-corrected chi connectivity index (χ1v) is 2.20. The predicted molar refractivity (Wildman–Crippen MR) is 32.1 cm³/mol. The van der Waals surface area contributed by atoms with Gasteiger partial charge in [0.1, 0.15) is 11.6 Å². The van der Waals surface area contributed by atoms with Crippen molar-refractivity contribution < 1.29 is 33.6 Å². The summed E-state index contributed by atoms with van der Waals surface area (Å²) in [5, 5.41) is 0. The molecule has 0 nitrogen and oxygen atoms in total. The molecule has 0 heterocycles. The number of hydrogen-bond donors (Lipinski definition) is 0. The van der Waals surface area contributed by atoms with Crippen molar-refractivity contribution in [3.8, 4) is 0 Å². The Hall–Kier alpha value is 0.426. The molecule has 1 aromatic carbocycles. The molecule has 0 N–H and O–H groups in total. The van der Waals surface area contributed by atoms with Gasteiger partial charge in [-0.15, -0.1) is 0 Å². The van der Waals surface area contributed by atoms with Crippen LogP contribution in [0.25, 0.3) is 0 Å². The zero-order valence-corrected chi connectivity index (χ0v) is 8.45. The summed E-state index contributed by atoms with van der Waals surface area (Å²) in [5.41, 5.74) is 0. The van der Waals surface area contributed by atoms with Gasteiger partial charge in [-0.3, -0.25) is 0 Å². The van der Waals surface area contributed by atoms with Crippen molar-refractivity contribution in [3.63, 3.8) is 0 Å². The topological polar surface area (TPSA) is 0 Å². The normalized spacial score (nSPS) is 6.73. The molecule has 0 saturated carbocycles. The Morgan fingerprint density at radius 3 is 1.45 bits per heavy atom. The van der Waals surface area contributed by atoms with E-state index in [-0.39, 0.29) is 47.9 Å². The van der Waals surface area contributed by atoms with Gasteiger partial charge in [-0.2, -0.15) is 0 Å². The molecule has 0 aliphatic rings. The van der Waals surface area contributed by atoms with E-state index in [2.05, 4.69) is 0 Å². The maximum absolute atomic E-state index is 11.9. The molecule has 1 rings (SSSR count). The largest absolute Gasteiger partial charge is 2.00 e. The van der Waals surface area contributed by atoms with E-state index in [1.165, 1.54) is 18.2 Å². The Balaban J connectivity index is -0.000000213. The van der Waals surface area contributed by atoms with Crippen LogP contribution in [0.5, 0.6) is 0 Å². The maximum Gasteiger partial charge on any atom is 2.00 e. The van der Waals surface area contributed by atoms with E-state index in [0.29, 0.717) is 0 Å². The van der Waals surface area contributed by atoms with Gasteiger partial charge in [0.2, 0.25) is 0 Å². The van der Waals surface area contributed by atoms with E-state index >= 15 is 0 Å². The van der Waals surface area contributed by atoms with Crippen molar-refractivity contribution in [2.45, 2.75) is 0 Å². The smallest absolute Gasteiger partial charge is 1.00 e. The third-order valence-electron chi connectivity index (χ3n) is 0.787. The third-order valence-corrected chi connectivity index (χ3v) is 0.787. The van der Waals surface area contributed by atoms with Crippen LogP contribution >= 0.6 is 0 Å².